The Morgan fingerprint density at radius 1 is 1.37 bits per heavy atom. The average Bonchev–Trinajstić information content (AvgIpc) is 2.36. The summed E-state index contributed by atoms with van der Waals surface area (Å²) < 4.78 is 28.8. The first-order valence-electron chi connectivity index (χ1n) is 6.26. The number of sulfone groups is 1. The Hall–Kier alpha value is -0.530. The van der Waals surface area contributed by atoms with Crippen molar-refractivity contribution in [2.75, 3.05) is 51.4 Å². The van der Waals surface area contributed by atoms with E-state index < -0.39 is 9.84 Å². The van der Waals surface area contributed by atoms with Crippen LogP contribution in [0.3, 0.4) is 0 Å². The lowest BCUT2D eigenvalue weighted by molar-refractivity contribution is 0.0506. The molecule has 0 aromatic rings. The van der Waals surface area contributed by atoms with Crippen molar-refractivity contribution < 1.29 is 13.2 Å². The molecule has 1 saturated heterocycles. The highest BCUT2D eigenvalue weighted by Gasteiger charge is 2.19. The zero-order chi connectivity index (χ0) is 13.9. The zero-order valence-electron chi connectivity index (χ0n) is 11.0. The summed E-state index contributed by atoms with van der Waals surface area (Å²) in [6.45, 7) is 4.57. The lowest BCUT2D eigenvalue weighted by atomic mass is 10.2. The number of morpholine rings is 1. The summed E-state index contributed by atoms with van der Waals surface area (Å²) in [5, 5.41) is 0. The van der Waals surface area contributed by atoms with Crippen molar-refractivity contribution >= 4 is 25.8 Å². The predicted molar refractivity (Wildman–Crippen MR) is 78.8 cm³/mol. The molecule has 0 unspecified atom stereocenters. The van der Waals surface area contributed by atoms with Gasteiger partial charge in [0, 0.05) is 42.3 Å². The standard InChI is InChI=1S/C12H19BrN2O3S/c1-19(16,17)7-4-14-9-11(13)8-12(10-14)15-2-5-18-6-3-15/h8-9H,2-7,10H2,1H3. The van der Waals surface area contributed by atoms with E-state index in [1.165, 1.54) is 12.0 Å². The van der Waals surface area contributed by atoms with Gasteiger partial charge in [0.15, 0.2) is 0 Å². The summed E-state index contributed by atoms with van der Waals surface area (Å²) in [4.78, 5) is 4.33. The van der Waals surface area contributed by atoms with E-state index in [1.54, 1.807) is 0 Å². The normalized spacial score (nSPS) is 21.2. The van der Waals surface area contributed by atoms with Crippen LogP contribution >= 0.6 is 15.9 Å². The van der Waals surface area contributed by atoms with Crippen LogP contribution in [0.25, 0.3) is 0 Å². The van der Waals surface area contributed by atoms with Gasteiger partial charge in [-0.1, -0.05) is 0 Å². The Morgan fingerprint density at radius 3 is 2.68 bits per heavy atom. The maximum absolute atomic E-state index is 11.2. The Kier molecular flexibility index (Phi) is 4.92. The molecule has 0 aliphatic carbocycles. The summed E-state index contributed by atoms with van der Waals surface area (Å²) in [6.07, 6.45) is 5.33. The van der Waals surface area contributed by atoms with Crippen molar-refractivity contribution in [1.82, 2.24) is 9.80 Å². The van der Waals surface area contributed by atoms with E-state index in [9.17, 15) is 8.42 Å². The first-order valence-corrected chi connectivity index (χ1v) is 9.12. The fraction of sp³-hybridized carbons (Fsp3) is 0.667. The van der Waals surface area contributed by atoms with Gasteiger partial charge in [-0.15, -0.1) is 0 Å². The van der Waals surface area contributed by atoms with E-state index in [-0.39, 0.29) is 5.75 Å². The van der Waals surface area contributed by atoms with Gasteiger partial charge in [-0.25, -0.2) is 8.42 Å². The van der Waals surface area contributed by atoms with Crippen molar-refractivity contribution in [3.8, 4) is 0 Å². The minimum absolute atomic E-state index is 0.181. The lowest BCUT2D eigenvalue weighted by Crippen LogP contribution is -2.40. The van der Waals surface area contributed by atoms with E-state index in [2.05, 4.69) is 26.9 Å². The molecule has 0 aromatic carbocycles. The molecule has 2 aliphatic rings. The molecule has 108 valence electrons. The minimum atomic E-state index is -2.92. The highest BCUT2D eigenvalue weighted by atomic mass is 79.9. The molecular weight excluding hydrogens is 332 g/mol. The highest BCUT2D eigenvalue weighted by molar-refractivity contribution is 9.11. The number of rotatable bonds is 4. The summed E-state index contributed by atoms with van der Waals surface area (Å²) in [6, 6.07) is 0. The number of hydrogen-bond donors (Lipinski definition) is 0. The Labute approximate surface area is 122 Å². The second kappa shape index (κ2) is 6.28. The van der Waals surface area contributed by atoms with Gasteiger partial charge in [-0.2, -0.15) is 0 Å². The fourth-order valence-corrected chi connectivity index (χ4v) is 3.26. The average molecular weight is 351 g/mol. The van der Waals surface area contributed by atoms with Crippen LogP contribution in [-0.4, -0.2) is 69.6 Å². The van der Waals surface area contributed by atoms with Gasteiger partial charge < -0.3 is 14.5 Å². The molecule has 1 fully saturated rings. The van der Waals surface area contributed by atoms with Crippen LogP contribution in [-0.2, 0) is 14.6 Å². The van der Waals surface area contributed by atoms with Crippen molar-refractivity contribution in [2.24, 2.45) is 0 Å². The molecule has 0 bridgehead atoms. The molecule has 0 spiro atoms. The summed E-state index contributed by atoms with van der Waals surface area (Å²) in [7, 11) is -2.92. The SMILES string of the molecule is CS(=O)(=O)CCN1C=C(Br)C=C(N2CCOCC2)C1. The number of halogens is 1. The number of hydrogen-bond acceptors (Lipinski definition) is 5. The van der Waals surface area contributed by atoms with Gasteiger partial charge in [-0.3, -0.25) is 0 Å². The van der Waals surface area contributed by atoms with Crippen LogP contribution in [0.15, 0.2) is 22.5 Å². The van der Waals surface area contributed by atoms with Crippen LogP contribution in [0.5, 0.6) is 0 Å². The lowest BCUT2D eigenvalue weighted by Gasteiger charge is -2.35. The number of nitrogens with zero attached hydrogens (tertiary/aromatic N) is 2. The third-order valence-corrected chi connectivity index (χ3v) is 4.50. The van der Waals surface area contributed by atoms with Gasteiger partial charge >= 0.3 is 0 Å². The van der Waals surface area contributed by atoms with E-state index in [0.717, 1.165) is 37.3 Å². The molecule has 7 heteroatoms. The van der Waals surface area contributed by atoms with Crippen LogP contribution in [0.1, 0.15) is 0 Å². The van der Waals surface area contributed by atoms with Crippen molar-refractivity contribution in [3.05, 3.63) is 22.5 Å². The fourth-order valence-electron chi connectivity index (χ4n) is 2.14. The smallest absolute Gasteiger partial charge is 0.149 e. The summed E-state index contributed by atoms with van der Waals surface area (Å²) in [5.74, 6) is 0.181. The van der Waals surface area contributed by atoms with Crippen LogP contribution in [0.4, 0.5) is 0 Å². The maximum atomic E-state index is 11.2. The van der Waals surface area contributed by atoms with Gasteiger partial charge in [0.2, 0.25) is 0 Å². The summed E-state index contributed by atoms with van der Waals surface area (Å²) >= 11 is 3.49. The maximum Gasteiger partial charge on any atom is 0.149 e. The number of ether oxygens (including phenoxy) is 1. The molecule has 0 saturated carbocycles. The van der Waals surface area contributed by atoms with Gasteiger partial charge in [0.05, 0.1) is 25.5 Å². The molecule has 2 rings (SSSR count). The molecule has 0 N–H and O–H groups in total. The molecule has 2 heterocycles. The summed E-state index contributed by atoms with van der Waals surface area (Å²) in [5.41, 5.74) is 1.21. The highest BCUT2D eigenvalue weighted by Crippen LogP contribution is 2.21. The van der Waals surface area contributed by atoms with Crippen molar-refractivity contribution in [3.63, 3.8) is 0 Å². The molecule has 0 amide bonds. The van der Waals surface area contributed by atoms with E-state index in [4.69, 9.17) is 4.74 Å². The second-order valence-electron chi connectivity index (χ2n) is 4.85. The van der Waals surface area contributed by atoms with Crippen LogP contribution in [0.2, 0.25) is 0 Å². The Morgan fingerprint density at radius 2 is 2.05 bits per heavy atom. The van der Waals surface area contributed by atoms with Gasteiger partial charge in [0.25, 0.3) is 0 Å². The molecule has 0 aromatic heterocycles. The third-order valence-electron chi connectivity index (χ3n) is 3.14. The molecule has 5 nitrogen and oxygen atoms in total. The van der Waals surface area contributed by atoms with Crippen molar-refractivity contribution in [2.45, 2.75) is 0 Å². The van der Waals surface area contributed by atoms with Crippen molar-refractivity contribution in [1.29, 1.82) is 0 Å². The zero-order valence-corrected chi connectivity index (χ0v) is 13.4. The second-order valence-corrected chi connectivity index (χ2v) is 8.02. The minimum Gasteiger partial charge on any atom is -0.378 e. The Bertz CT molecular complexity index is 481. The molecular formula is C12H19BrN2O3S. The predicted octanol–water partition coefficient (Wildman–Crippen LogP) is 0.799. The monoisotopic (exact) mass is 350 g/mol. The quantitative estimate of drug-likeness (QED) is 0.750. The first kappa shape index (κ1) is 14.9. The first-order chi connectivity index (χ1) is 8.94. The van der Waals surface area contributed by atoms with Gasteiger partial charge in [0.1, 0.15) is 9.84 Å². The molecule has 0 atom stereocenters. The Balaban J connectivity index is 1.97. The number of allylic oxidation sites excluding steroid dienone is 2. The van der Waals surface area contributed by atoms with E-state index >= 15 is 0 Å². The van der Waals surface area contributed by atoms with E-state index in [0.29, 0.717) is 6.54 Å². The molecule has 19 heavy (non-hydrogen) atoms. The van der Waals surface area contributed by atoms with Crippen LogP contribution in [0, 0.1) is 0 Å². The van der Waals surface area contributed by atoms with Crippen LogP contribution < -0.4 is 0 Å². The topological polar surface area (TPSA) is 49.9 Å². The molecule has 0 radical (unpaired) electrons. The van der Waals surface area contributed by atoms with Gasteiger partial charge in [-0.05, 0) is 22.0 Å². The third kappa shape index (κ3) is 4.81. The largest absolute Gasteiger partial charge is 0.378 e. The molecule has 2 aliphatic heterocycles. The van der Waals surface area contributed by atoms with E-state index in [1.807, 2.05) is 11.1 Å².